The molecule has 20 heavy (non-hydrogen) atoms. The van der Waals surface area contributed by atoms with Crippen LogP contribution in [0.15, 0.2) is 54.7 Å². The van der Waals surface area contributed by atoms with E-state index in [1.807, 2.05) is 66.3 Å². The number of aromatic nitrogens is 1. The van der Waals surface area contributed by atoms with Crippen LogP contribution >= 0.6 is 0 Å². The predicted molar refractivity (Wildman–Crippen MR) is 79.3 cm³/mol. The van der Waals surface area contributed by atoms with Crippen molar-refractivity contribution in [1.82, 2.24) is 4.57 Å². The molecular weight excluding hydrogens is 250 g/mol. The van der Waals surface area contributed by atoms with E-state index in [9.17, 15) is 4.79 Å². The lowest BCUT2D eigenvalue weighted by atomic mass is 10.0. The second kappa shape index (κ2) is 4.85. The summed E-state index contributed by atoms with van der Waals surface area (Å²) in [5, 5.41) is 0.917. The fourth-order valence-corrected chi connectivity index (χ4v) is 2.42. The van der Waals surface area contributed by atoms with Crippen LogP contribution in [-0.2, 0) is 7.05 Å². The number of rotatable bonds is 3. The van der Waals surface area contributed by atoms with Crippen LogP contribution in [0.4, 0.5) is 0 Å². The van der Waals surface area contributed by atoms with Crippen molar-refractivity contribution in [2.45, 2.75) is 0 Å². The van der Waals surface area contributed by atoms with Crippen LogP contribution in [0.2, 0.25) is 0 Å². The number of fused-ring (bicyclic) bond motifs is 1. The first kappa shape index (κ1) is 12.5. The number of hydrogen-bond acceptors (Lipinski definition) is 2. The van der Waals surface area contributed by atoms with Crippen LogP contribution in [0.5, 0.6) is 5.75 Å². The molecule has 0 bridgehead atoms. The molecule has 0 saturated carbocycles. The van der Waals surface area contributed by atoms with Gasteiger partial charge < -0.3 is 9.30 Å². The molecule has 0 spiro atoms. The van der Waals surface area contributed by atoms with Gasteiger partial charge in [-0.25, -0.2) is 0 Å². The summed E-state index contributed by atoms with van der Waals surface area (Å²) in [5.74, 6) is 0.787. The van der Waals surface area contributed by atoms with Crippen molar-refractivity contribution in [3.63, 3.8) is 0 Å². The Kier molecular flexibility index (Phi) is 3.03. The van der Waals surface area contributed by atoms with Gasteiger partial charge >= 0.3 is 0 Å². The normalized spacial score (nSPS) is 10.7. The van der Waals surface area contributed by atoms with Gasteiger partial charge in [0, 0.05) is 35.3 Å². The average molecular weight is 265 g/mol. The third kappa shape index (κ3) is 1.97. The Morgan fingerprint density at radius 3 is 2.55 bits per heavy atom. The highest BCUT2D eigenvalue weighted by molar-refractivity contribution is 6.16. The number of hydrogen-bond donors (Lipinski definition) is 0. The summed E-state index contributed by atoms with van der Waals surface area (Å²) in [6.45, 7) is 0. The second-order valence-electron chi connectivity index (χ2n) is 4.73. The monoisotopic (exact) mass is 265 g/mol. The first-order valence-corrected chi connectivity index (χ1v) is 6.43. The lowest BCUT2D eigenvalue weighted by Crippen LogP contribution is -2.00. The van der Waals surface area contributed by atoms with Gasteiger partial charge in [-0.05, 0) is 18.2 Å². The van der Waals surface area contributed by atoms with Crippen LogP contribution in [0.3, 0.4) is 0 Å². The Morgan fingerprint density at radius 2 is 1.85 bits per heavy atom. The molecule has 0 aliphatic rings. The molecule has 3 nitrogen and oxygen atoms in total. The van der Waals surface area contributed by atoms with E-state index in [1.54, 1.807) is 7.11 Å². The lowest BCUT2D eigenvalue weighted by molar-refractivity contribution is 0.104. The molecule has 0 saturated heterocycles. The number of carbonyl (C=O) groups is 1. The molecule has 2 aromatic carbocycles. The Bertz CT molecular complexity index is 772. The van der Waals surface area contributed by atoms with Gasteiger partial charge in [0.1, 0.15) is 5.75 Å². The molecule has 0 aliphatic carbocycles. The van der Waals surface area contributed by atoms with E-state index < -0.39 is 0 Å². The highest BCUT2D eigenvalue weighted by Crippen LogP contribution is 2.27. The second-order valence-corrected chi connectivity index (χ2v) is 4.73. The van der Waals surface area contributed by atoms with Crippen molar-refractivity contribution in [3.8, 4) is 5.75 Å². The van der Waals surface area contributed by atoms with Crippen molar-refractivity contribution >= 4 is 16.7 Å². The molecule has 3 rings (SSSR count). The van der Waals surface area contributed by atoms with Gasteiger partial charge in [0.2, 0.25) is 0 Å². The maximum absolute atomic E-state index is 12.6. The van der Waals surface area contributed by atoms with Gasteiger partial charge in [-0.2, -0.15) is 0 Å². The van der Waals surface area contributed by atoms with Gasteiger partial charge in [-0.15, -0.1) is 0 Å². The molecule has 3 aromatic rings. The largest absolute Gasteiger partial charge is 0.497 e. The fraction of sp³-hybridized carbons (Fsp3) is 0.118. The van der Waals surface area contributed by atoms with Crippen LogP contribution in [0.25, 0.3) is 10.9 Å². The van der Waals surface area contributed by atoms with Crippen molar-refractivity contribution in [2.75, 3.05) is 7.11 Å². The third-order valence-electron chi connectivity index (χ3n) is 3.48. The third-order valence-corrected chi connectivity index (χ3v) is 3.48. The molecule has 0 N–H and O–H groups in total. The quantitative estimate of drug-likeness (QED) is 0.679. The van der Waals surface area contributed by atoms with Crippen LogP contribution in [0.1, 0.15) is 15.9 Å². The zero-order chi connectivity index (χ0) is 14.1. The standard InChI is InChI=1S/C17H15NO2/c1-18-11-15(17(19)12-6-4-3-5-7-12)14-10-13(20-2)8-9-16(14)18/h3-11H,1-2H3. The summed E-state index contributed by atoms with van der Waals surface area (Å²) in [6, 6.07) is 15.1. The first-order valence-electron chi connectivity index (χ1n) is 6.43. The van der Waals surface area contributed by atoms with Crippen molar-refractivity contribution < 1.29 is 9.53 Å². The highest BCUT2D eigenvalue weighted by Gasteiger charge is 2.16. The molecule has 0 fully saturated rings. The smallest absolute Gasteiger partial charge is 0.195 e. The number of benzene rings is 2. The highest BCUT2D eigenvalue weighted by atomic mass is 16.5. The summed E-state index contributed by atoms with van der Waals surface area (Å²) in [4.78, 5) is 12.6. The van der Waals surface area contributed by atoms with E-state index in [0.717, 1.165) is 16.7 Å². The summed E-state index contributed by atoms with van der Waals surface area (Å²) < 4.78 is 7.21. The predicted octanol–water partition coefficient (Wildman–Crippen LogP) is 3.42. The number of aryl methyl sites for hydroxylation is 1. The zero-order valence-corrected chi connectivity index (χ0v) is 11.5. The molecular formula is C17H15NO2. The maximum Gasteiger partial charge on any atom is 0.195 e. The molecule has 1 heterocycles. The molecule has 3 heteroatoms. The Balaban J connectivity index is 2.18. The molecule has 100 valence electrons. The fourth-order valence-electron chi connectivity index (χ4n) is 2.42. The van der Waals surface area contributed by atoms with E-state index in [2.05, 4.69) is 0 Å². The lowest BCUT2D eigenvalue weighted by Gasteiger charge is -2.02. The number of ketones is 1. The van der Waals surface area contributed by atoms with Crippen LogP contribution < -0.4 is 4.74 Å². The average Bonchev–Trinajstić information content (AvgIpc) is 2.84. The molecule has 1 aromatic heterocycles. The molecule has 0 amide bonds. The summed E-state index contributed by atoms with van der Waals surface area (Å²) in [5.41, 5.74) is 2.42. The topological polar surface area (TPSA) is 31.2 Å². The van der Waals surface area contributed by atoms with E-state index >= 15 is 0 Å². The number of nitrogens with zero attached hydrogens (tertiary/aromatic N) is 1. The number of methoxy groups -OCH3 is 1. The molecule has 0 unspecified atom stereocenters. The van der Waals surface area contributed by atoms with E-state index in [-0.39, 0.29) is 5.78 Å². The molecule has 0 radical (unpaired) electrons. The van der Waals surface area contributed by atoms with Gasteiger partial charge in [-0.3, -0.25) is 4.79 Å². The minimum absolute atomic E-state index is 0.0319. The Labute approximate surface area is 117 Å². The van der Waals surface area contributed by atoms with Crippen LogP contribution in [-0.4, -0.2) is 17.5 Å². The van der Waals surface area contributed by atoms with E-state index in [0.29, 0.717) is 11.1 Å². The van der Waals surface area contributed by atoms with E-state index in [4.69, 9.17) is 4.74 Å². The minimum atomic E-state index is 0.0319. The van der Waals surface area contributed by atoms with E-state index in [1.165, 1.54) is 0 Å². The summed E-state index contributed by atoms with van der Waals surface area (Å²) in [7, 11) is 3.57. The molecule has 0 aliphatic heterocycles. The van der Waals surface area contributed by atoms with Gasteiger partial charge in [0.15, 0.2) is 5.78 Å². The first-order chi connectivity index (χ1) is 9.70. The summed E-state index contributed by atoms with van der Waals surface area (Å²) >= 11 is 0. The van der Waals surface area contributed by atoms with Crippen molar-refractivity contribution in [2.24, 2.45) is 7.05 Å². The van der Waals surface area contributed by atoms with Gasteiger partial charge in [-0.1, -0.05) is 30.3 Å². The minimum Gasteiger partial charge on any atom is -0.497 e. The number of ether oxygens (including phenoxy) is 1. The van der Waals surface area contributed by atoms with Crippen molar-refractivity contribution in [3.05, 3.63) is 65.9 Å². The number of carbonyl (C=O) groups excluding carboxylic acids is 1. The zero-order valence-electron chi connectivity index (χ0n) is 11.5. The SMILES string of the molecule is COc1ccc2c(c1)c(C(=O)c1ccccc1)cn2C. The van der Waals surface area contributed by atoms with Gasteiger partial charge in [0.05, 0.1) is 7.11 Å². The molecule has 0 atom stereocenters. The van der Waals surface area contributed by atoms with Crippen molar-refractivity contribution in [1.29, 1.82) is 0 Å². The Hall–Kier alpha value is -2.55. The van der Waals surface area contributed by atoms with Gasteiger partial charge in [0.25, 0.3) is 0 Å². The Morgan fingerprint density at radius 1 is 1.10 bits per heavy atom. The maximum atomic E-state index is 12.6. The van der Waals surface area contributed by atoms with Crippen LogP contribution in [0, 0.1) is 0 Å². The summed E-state index contributed by atoms with van der Waals surface area (Å²) in [6.07, 6.45) is 1.87.